The molecule has 0 bridgehead atoms. The highest BCUT2D eigenvalue weighted by Crippen LogP contribution is 1.75. The van der Waals surface area contributed by atoms with Crippen LogP contribution in [-0.4, -0.2) is 16.2 Å². The zero-order chi connectivity index (χ0) is 7.52. The fourth-order valence-corrected chi connectivity index (χ4v) is 0.915. The first kappa shape index (κ1) is 6.09. The summed E-state index contributed by atoms with van der Waals surface area (Å²) in [4.78, 5) is 11.1. The highest BCUT2D eigenvalue weighted by Gasteiger charge is 1.85. The van der Waals surface area contributed by atoms with Crippen LogP contribution in [-0.2, 0) is 0 Å². The van der Waals surface area contributed by atoms with E-state index in [9.17, 15) is 0 Å². The second-order valence-corrected chi connectivity index (χ2v) is 2.18. The minimum absolute atomic E-state index is 0.929. The third-order valence-electron chi connectivity index (χ3n) is 1.44. The Morgan fingerprint density at radius 1 is 1.27 bits per heavy atom. The molecule has 0 fully saturated rings. The first-order chi connectivity index (χ1) is 5.47. The molecule has 0 unspecified atom stereocenters. The van der Waals surface area contributed by atoms with Gasteiger partial charge in [0, 0.05) is 6.21 Å². The molecule has 3 nitrogen and oxygen atoms in total. The molecule has 1 aromatic rings. The van der Waals surface area contributed by atoms with Crippen molar-refractivity contribution < 1.29 is 0 Å². The Morgan fingerprint density at radius 3 is 3.27 bits per heavy atom. The molecule has 3 heteroatoms. The van der Waals surface area contributed by atoms with Gasteiger partial charge in [-0.1, -0.05) is 6.08 Å². The van der Waals surface area contributed by atoms with Crippen molar-refractivity contribution in [3.63, 3.8) is 0 Å². The number of nitrogens with zero attached hydrogens (tertiary/aromatic N) is 2. The predicted molar refractivity (Wildman–Crippen MR) is 44.4 cm³/mol. The van der Waals surface area contributed by atoms with Crippen molar-refractivity contribution >= 4 is 18.5 Å². The zero-order valence-corrected chi connectivity index (χ0v) is 5.86. The SMILES string of the molecule is C1=C\C=c2\nc[nH]\c2=C/N=C/1. The number of aromatic nitrogens is 2. The van der Waals surface area contributed by atoms with Gasteiger partial charge in [-0.2, -0.15) is 0 Å². The Hall–Kier alpha value is -1.64. The molecule has 1 aromatic heterocycles. The molecule has 0 atom stereocenters. The third kappa shape index (κ3) is 1.12. The van der Waals surface area contributed by atoms with E-state index in [1.165, 1.54) is 0 Å². The number of hydrogen-bond donors (Lipinski definition) is 1. The molecule has 0 saturated carbocycles. The first-order valence-electron chi connectivity index (χ1n) is 3.36. The van der Waals surface area contributed by atoms with Gasteiger partial charge in [-0.15, -0.1) is 0 Å². The molecule has 2 rings (SSSR count). The summed E-state index contributed by atoms with van der Waals surface area (Å²) in [7, 11) is 0. The number of H-pyrrole nitrogens is 1. The maximum Gasteiger partial charge on any atom is 0.0932 e. The number of allylic oxidation sites excluding steroid dienone is 2. The van der Waals surface area contributed by atoms with Gasteiger partial charge in [-0.05, 0) is 12.2 Å². The van der Waals surface area contributed by atoms with Gasteiger partial charge in [0.05, 0.1) is 23.2 Å². The molecule has 1 aliphatic heterocycles. The topological polar surface area (TPSA) is 41.0 Å². The molecule has 0 aromatic carbocycles. The van der Waals surface area contributed by atoms with E-state index < -0.39 is 0 Å². The minimum Gasteiger partial charge on any atom is -0.343 e. The van der Waals surface area contributed by atoms with Crippen LogP contribution in [0, 0.1) is 0 Å². The minimum atomic E-state index is 0.929. The Kier molecular flexibility index (Phi) is 1.41. The van der Waals surface area contributed by atoms with E-state index >= 15 is 0 Å². The lowest BCUT2D eigenvalue weighted by molar-refractivity contribution is 1.28. The average molecular weight is 145 g/mol. The zero-order valence-electron chi connectivity index (χ0n) is 5.86. The van der Waals surface area contributed by atoms with Crippen LogP contribution in [0.15, 0.2) is 23.5 Å². The van der Waals surface area contributed by atoms with Gasteiger partial charge in [0.25, 0.3) is 0 Å². The van der Waals surface area contributed by atoms with Crippen LogP contribution in [0.1, 0.15) is 0 Å². The van der Waals surface area contributed by atoms with E-state index in [1.54, 1.807) is 18.7 Å². The lowest BCUT2D eigenvalue weighted by Gasteiger charge is -1.80. The summed E-state index contributed by atoms with van der Waals surface area (Å²) in [5.74, 6) is 0. The summed E-state index contributed by atoms with van der Waals surface area (Å²) < 4.78 is 0. The highest BCUT2D eigenvalue weighted by molar-refractivity contribution is 5.75. The summed E-state index contributed by atoms with van der Waals surface area (Å²) in [6.07, 6.45) is 10.9. The molecule has 0 saturated heterocycles. The molecule has 0 aliphatic carbocycles. The summed E-state index contributed by atoms with van der Waals surface area (Å²) >= 11 is 0. The number of nitrogens with one attached hydrogen (secondary N) is 1. The fraction of sp³-hybridized carbons (Fsp3) is 0. The average Bonchev–Trinajstić information content (AvgIpc) is 2.35. The number of rotatable bonds is 0. The van der Waals surface area contributed by atoms with Crippen LogP contribution in [0.25, 0.3) is 12.3 Å². The van der Waals surface area contributed by atoms with Crippen molar-refractivity contribution in [1.82, 2.24) is 9.97 Å². The first-order valence-corrected chi connectivity index (χ1v) is 3.36. The van der Waals surface area contributed by atoms with Crippen molar-refractivity contribution in [3.8, 4) is 0 Å². The van der Waals surface area contributed by atoms with Crippen LogP contribution in [0.3, 0.4) is 0 Å². The van der Waals surface area contributed by atoms with Crippen LogP contribution in [0.2, 0.25) is 0 Å². The van der Waals surface area contributed by atoms with Crippen LogP contribution in [0.4, 0.5) is 0 Å². The van der Waals surface area contributed by atoms with Crippen LogP contribution < -0.4 is 10.7 Å². The van der Waals surface area contributed by atoms with Gasteiger partial charge in [0.15, 0.2) is 0 Å². The Labute approximate surface area is 63.5 Å². The summed E-state index contributed by atoms with van der Waals surface area (Å²) in [5.41, 5.74) is 0. The van der Waals surface area contributed by atoms with E-state index in [0.717, 1.165) is 10.7 Å². The van der Waals surface area contributed by atoms with E-state index in [1.807, 2.05) is 18.2 Å². The van der Waals surface area contributed by atoms with Crippen LogP contribution >= 0.6 is 0 Å². The molecular formula is C8H7N3. The van der Waals surface area contributed by atoms with Gasteiger partial charge >= 0.3 is 0 Å². The smallest absolute Gasteiger partial charge is 0.0932 e. The van der Waals surface area contributed by atoms with Crippen LogP contribution in [0.5, 0.6) is 0 Å². The summed E-state index contributed by atoms with van der Waals surface area (Å²) in [6, 6.07) is 0. The normalized spacial score (nSPS) is 26.2. The number of aliphatic imine (C=N–C) groups is 1. The standard InChI is InChI=1S/C8H7N3/c1-2-4-9-5-8-7(3-1)10-6-11-8/h1-6H,(H,10,11)/b2-1-,3-1?,4-2?,7-3+,8-5-,9-4+,9-5?. The second kappa shape index (κ2) is 2.54. The van der Waals surface area contributed by atoms with Crippen molar-refractivity contribution in [2.45, 2.75) is 0 Å². The van der Waals surface area contributed by atoms with Crippen molar-refractivity contribution in [2.24, 2.45) is 4.99 Å². The van der Waals surface area contributed by atoms with E-state index in [-0.39, 0.29) is 0 Å². The van der Waals surface area contributed by atoms with Gasteiger partial charge in [-0.25, -0.2) is 4.98 Å². The molecule has 0 radical (unpaired) electrons. The molecular weight excluding hydrogens is 138 g/mol. The number of aromatic amines is 1. The highest BCUT2D eigenvalue weighted by atomic mass is 14.9. The maximum atomic E-state index is 4.09. The van der Waals surface area contributed by atoms with Crippen molar-refractivity contribution in [3.05, 3.63) is 29.2 Å². The van der Waals surface area contributed by atoms with Gasteiger partial charge < -0.3 is 4.98 Å². The Bertz CT molecular complexity index is 370. The number of fused-ring (bicyclic) bond motifs is 1. The molecule has 11 heavy (non-hydrogen) atoms. The lowest BCUT2D eigenvalue weighted by Crippen LogP contribution is -2.23. The largest absolute Gasteiger partial charge is 0.343 e. The van der Waals surface area contributed by atoms with E-state index in [2.05, 4.69) is 15.0 Å². The number of hydrogen-bond acceptors (Lipinski definition) is 2. The second-order valence-electron chi connectivity index (χ2n) is 2.18. The molecule has 1 N–H and O–H groups in total. The van der Waals surface area contributed by atoms with Gasteiger partial charge in [0.1, 0.15) is 0 Å². The molecule has 2 heterocycles. The summed E-state index contributed by atoms with van der Waals surface area (Å²) in [5, 5.41) is 1.88. The van der Waals surface area contributed by atoms with Gasteiger partial charge in [-0.3, -0.25) is 4.99 Å². The number of imidazole rings is 1. The lowest BCUT2D eigenvalue weighted by atomic mass is 10.4. The molecule has 1 aliphatic rings. The Morgan fingerprint density at radius 2 is 2.27 bits per heavy atom. The molecule has 0 amide bonds. The van der Waals surface area contributed by atoms with Crippen molar-refractivity contribution in [2.75, 3.05) is 0 Å². The van der Waals surface area contributed by atoms with Crippen molar-refractivity contribution in [1.29, 1.82) is 0 Å². The Balaban J connectivity index is 2.80. The van der Waals surface area contributed by atoms with E-state index in [4.69, 9.17) is 0 Å². The third-order valence-corrected chi connectivity index (χ3v) is 1.44. The molecule has 0 spiro atoms. The van der Waals surface area contributed by atoms with Gasteiger partial charge in [0.2, 0.25) is 0 Å². The summed E-state index contributed by atoms with van der Waals surface area (Å²) in [6.45, 7) is 0. The predicted octanol–water partition coefficient (Wildman–Crippen LogP) is -0.431. The molecule has 54 valence electrons. The maximum absolute atomic E-state index is 4.09. The quantitative estimate of drug-likeness (QED) is 0.528. The fourth-order valence-electron chi connectivity index (χ4n) is 0.915. The van der Waals surface area contributed by atoms with E-state index in [0.29, 0.717) is 0 Å². The monoisotopic (exact) mass is 145 g/mol.